The molecular formula is C14H16FN3O. The Hall–Kier alpha value is -2.17. The normalized spacial score (nSPS) is 10.2. The Kier molecular flexibility index (Phi) is 4.66. The number of ether oxygens (including phenoxy) is 1. The quantitative estimate of drug-likeness (QED) is 0.868. The molecule has 0 aliphatic carbocycles. The van der Waals surface area contributed by atoms with E-state index in [1.54, 1.807) is 12.1 Å². The predicted molar refractivity (Wildman–Crippen MR) is 71.8 cm³/mol. The van der Waals surface area contributed by atoms with Gasteiger partial charge in [0.05, 0.1) is 6.61 Å². The second kappa shape index (κ2) is 6.68. The van der Waals surface area contributed by atoms with Crippen molar-refractivity contribution in [2.75, 3.05) is 18.5 Å². The molecule has 0 amide bonds. The number of hydrogen-bond acceptors (Lipinski definition) is 4. The fourth-order valence-corrected chi connectivity index (χ4v) is 1.69. The first-order chi connectivity index (χ1) is 9.28. The molecule has 1 aromatic carbocycles. The van der Waals surface area contributed by atoms with E-state index in [1.807, 2.05) is 13.0 Å². The van der Waals surface area contributed by atoms with Crippen molar-refractivity contribution in [3.05, 3.63) is 48.0 Å². The monoisotopic (exact) mass is 261 g/mol. The van der Waals surface area contributed by atoms with Crippen LogP contribution in [0.2, 0.25) is 0 Å². The zero-order valence-corrected chi connectivity index (χ0v) is 10.8. The van der Waals surface area contributed by atoms with Crippen LogP contribution in [0.25, 0.3) is 0 Å². The van der Waals surface area contributed by atoms with E-state index >= 15 is 0 Å². The van der Waals surface area contributed by atoms with Gasteiger partial charge in [-0.3, -0.25) is 0 Å². The number of nitrogens with one attached hydrogen (secondary N) is 1. The number of nitrogens with zero attached hydrogens (tertiary/aromatic N) is 2. The van der Waals surface area contributed by atoms with Gasteiger partial charge >= 0.3 is 0 Å². The van der Waals surface area contributed by atoms with Crippen molar-refractivity contribution in [3.63, 3.8) is 0 Å². The van der Waals surface area contributed by atoms with Crippen LogP contribution in [0.3, 0.4) is 0 Å². The van der Waals surface area contributed by atoms with Gasteiger partial charge in [-0.25, -0.2) is 14.4 Å². The fourth-order valence-electron chi connectivity index (χ4n) is 1.69. The fraction of sp³-hybridized carbons (Fsp3) is 0.286. The van der Waals surface area contributed by atoms with Crippen molar-refractivity contribution in [2.45, 2.75) is 13.3 Å². The van der Waals surface area contributed by atoms with Crippen molar-refractivity contribution >= 4 is 5.82 Å². The lowest BCUT2D eigenvalue weighted by atomic mass is 10.1. The molecule has 0 unspecified atom stereocenters. The maximum absolute atomic E-state index is 13.0. The third-order valence-electron chi connectivity index (χ3n) is 2.54. The SMILES string of the molecule is CCOc1cc(NCCc2cccc(F)c2)ncn1. The Balaban J connectivity index is 1.87. The summed E-state index contributed by atoms with van der Waals surface area (Å²) in [6.07, 6.45) is 2.18. The Labute approximate surface area is 111 Å². The second-order valence-electron chi connectivity index (χ2n) is 3.98. The number of anilines is 1. The first kappa shape index (κ1) is 13.3. The van der Waals surface area contributed by atoms with Crippen LogP contribution in [-0.2, 0) is 6.42 Å². The third kappa shape index (κ3) is 4.21. The average molecular weight is 261 g/mol. The average Bonchev–Trinajstić information content (AvgIpc) is 2.40. The Bertz CT molecular complexity index is 534. The zero-order valence-electron chi connectivity index (χ0n) is 10.8. The molecule has 0 aliphatic rings. The van der Waals surface area contributed by atoms with E-state index in [2.05, 4.69) is 15.3 Å². The summed E-state index contributed by atoms with van der Waals surface area (Å²) in [7, 11) is 0. The first-order valence-electron chi connectivity index (χ1n) is 6.21. The number of aromatic nitrogens is 2. The molecule has 0 aliphatic heterocycles. The van der Waals surface area contributed by atoms with Gasteiger partial charge in [0.1, 0.15) is 18.0 Å². The van der Waals surface area contributed by atoms with E-state index < -0.39 is 0 Å². The van der Waals surface area contributed by atoms with Crippen LogP contribution in [-0.4, -0.2) is 23.1 Å². The molecule has 100 valence electrons. The van der Waals surface area contributed by atoms with Crippen molar-refractivity contribution in [1.82, 2.24) is 9.97 Å². The van der Waals surface area contributed by atoms with Crippen LogP contribution in [0, 0.1) is 5.82 Å². The maximum Gasteiger partial charge on any atom is 0.218 e. The molecule has 0 radical (unpaired) electrons. The highest BCUT2D eigenvalue weighted by Gasteiger charge is 1.99. The largest absolute Gasteiger partial charge is 0.478 e. The van der Waals surface area contributed by atoms with E-state index in [4.69, 9.17) is 4.74 Å². The molecule has 2 aromatic rings. The zero-order chi connectivity index (χ0) is 13.5. The van der Waals surface area contributed by atoms with Gasteiger partial charge in [-0.15, -0.1) is 0 Å². The number of hydrogen-bond donors (Lipinski definition) is 1. The summed E-state index contributed by atoms with van der Waals surface area (Å²) < 4.78 is 18.3. The molecule has 1 heterocycles. The molecule has 5 heteroatoms. The maximum atomic E-state index is 13.0. The van der Waals surface area contributed by atoms with Crippen LogP contribution in [0.5, 0.6) is 5.88 Å². The minimum absolute atomic E-state index is 0.210. The summed E-state index contributed by atoms with van der Waals surface area (Å²) in [6.45, 7) is 3.14. The molecule has 0 atom stereocenters. The number of benzene rings is 1. The molecule has 2 rings (SSSR count). The van der Waals surface area contributed by atoms with E-state index in [0.29, 0.717) is 24.8 Å². The third-order valence-corrected chi connectivity index (χ3v) is 2.54. The lowest BCUT2D eigenvalue weighted by Crippen LogP contribution is -2.07. The molecule has 0 saturated carbocycles. The topological polar surface area (TPSA) is 47.0 Å². The number of rotatable bonds is 6. The number of halogens is 1. The molecule has 0 saturated heterocycles. The highest BCUT2D eigenvalue weighted by molar-refractivity contribution is 5.37. The minimum Gasteiger partial charge on any atom is -0.478 e. The molecule has 19 heavy (non-hydrogen) atoms. The Morgan fingerprint density at radius 3 is 2.95 bits per heavy atom. The highest BCUT2D eigenvalue weighted by Crippen LogP contribution is 2.11. The summed E-state index contributed by atoms with van der Waals surface area (Å²) in [6, 6.07) is 8.33. The molecule has 0 bridgehead atoms. The van der Waals surface area contributed by atoms with Crippen LogP contribution in [0.4, 0.5) is 10.2 Å². The molecule has 0 spiro atoms. The van der Waals surface area contributed by atoms with Gasteiger partial charge in [0.2, 0.25) is 5.88 Å². The second-order valence-corrected chi connectivity index (χ2v) is 3.98. The summed E-state index contributed by atoms with van der Waals surface area (Å²) in [4.78, 5) is 8.08. The van der Waals surface area contributed by atoms with E-state index in [-0.39, 0.29) is 5.82 Å². The minimum atomic E-state index is -0.210. The lowest BCUT2D eigenvalue weighted by Gasteiger charge is -2.07. The van der Waals surface area contributed by atoms with Gasteiger partial charge in [-0.2, -0.15) is 0 Å². The first-order valence-corrected chi connectivity index (χ1v) is 6.21. The molecule has 0 fully saturated rings. The van der Waals surface area contributed by atoms with Crippen LogP contribution in [0.1, 0.15) is 12.5 Å². The smallest absolute Gasteiger partial charge is 0.218 e. The van der Waals surface area contributed by atoms with Crippen molar-refractivity contribution in [1.29, 1.82) is 0 Å². The van der Waals surface area contributed by atoms with Gasteiger partial charge in [0.15, 0.2) is 0 Å². The van der Waals surface area contributed by atoms with Gasteiger partial charge in [0.25, 0.3) is 0 Å². The van der Waals surface area contributed by atoms with Gasteiger partial charge in [0, 0.05) is 12.6 Å². The molecule has 1 N–H and O–H groups in total. The van der Waals surface area contributed by atoms with Crippen molar-refractivity contribution in [3.8, 4) is 5.88 Å². The van der Waals surface area contributed by atoms with E-state index in [9.17, 15) is 4.39 Å². The standard InChI is InChI=1S/C14H16FN3O/c1-2-19-14-9-13(17-10-18-14)16-7-6-11-4-3-5-12(15)8-11/h3-5,8-10H,2,6-7H2,1H3,(H,16,17,18). The lowest BCUT2D eigenvalue weighted by molar-refractivity contribution is 0.326. The van der Waals surface area contributed by atoms with Gasteiger partial charge < -0.3 is 10.1 Å². The van der Waals surface area contributed by atoms with Crippen LogP contribution < -0.4 is 10.1 Å². The highest BCUT2D eigenvalue weighted by atomic mass is 19.1. The van der Waals surface area contributed by atoms with Gasteiger partial charge in [-0.1, -0.05) is 12.1 Å². The molecular weight excluding hydrogens is 245 g/mol. The summed E-state index contributed by atoms with van der Waals surface area (Å²) in [5.41, 5.74) is 0.951. The van der Waals surface area contributed by atoms with Crippen molar-refractivity contribution in [2.24, 2.45) is 0 Å². The summed E-state index contributed by atoms with van der Waals surface area (Å²) in [5, 5.41) is 3.16. The summed E-state index contributed by atoms with van der Waals surface area (Å²) in [5.74, 6) is 1.04. The van der Waals surface area contributed by atoms with Gasteiger partial charge in [-0.05, 0) is 31.0 Å². The van der Waals surface area contributed by atoms with E-state index in [0.717, 1.165) is 12.0 Å². The molecule has 4 nitrogen and oxygen atoms in total. The van der Waals surface area contributed by atoms with Crippen LogP contribution in [0.15, 0.2) is 36.7 Å². The van der Waals surface area contributed by atoms with E-state index in [1.165, 1.54) is 18.5 Å². The summed E-state index contributed by atoms with van der Waals surface area (Å²) >= 11 is 0. The van der Waals surface area contributed by atoms with Crippen LogP contribution >= 0.6 is 0 Å². The van der Waals surface area contributed by atoms with Crippen molar-refractivity contribution < 1.29 is 9.13 Å². The Morgan fingerprint density at radius 2 is 2.16 bits per heavy atom. The Morgan fingerprint density at radius 1 is 1.26 bits per heavy atom. The predicted octanol–water partition coefficient (Wildman–Crippen LogP) is 2.67. The molecule has 1 aromatic heterocycles.